The highest BCUT2D eigenvalue weighted by molar-refractivity contribution is 7.80. The summed E-state index contributed by atoms with van der Waals surface area (Å²) in [6.07, 6.45) is 4.41. The van der Waals surface area contributed by atoms with E-state index < -0.39 is 0 Å². The normalized spacial score (nSPS) is 20.9. The molecule has 1 unspecified atom stereocenters. The van der Waals surface area contributed by atoms with E-state index in [0.29, 0.717) is 11.7 Å². The van der Waals surface area contributed by atoms with Crippen LogP contribution in [0.1, 0.15) is 12.1 Å². The second kappa shape index (κ2) is 4.71. The summed E-state index contributed by atoms with van der Waals surface area (Å²) in [5, 5.41) is 3.34. The number of hydrogen-bond acceptors (Lipinski definition) is 5. The Morgan fingerprint density at radius 3 is 2.88 bits per heavy atom. The number of likely N-dealkylation sites (N-methyl/N-ethyl adjacent to an activating group) is 1. The van der Waals surface area contributed by atoms with Gasteiger partial charge in [-0.1, -0.05) is 12.2 Å². The van der Waals surface area contributed by atoms with Gasteiger partial charge in [0.1, 0.15) is 16.5 Å². The third-order valence-electron chi connectivity index (χ3n) is 2.65. The summed E-state index contributed by atoms with van der Waals surface area (Å²) in [4.78, 5) is 10.9. The lowest BCUT2D eigenvalue weighted by Crippen LogP contribution is -2.24. The number of nitrogens with one attached hydrogen (secondary N) is 1. The van der Waals surface area contributed by atoms with Gasteiger partial charge in [0.2, 0.25) is 0 Å². The zero-order valence-corrected chi connectivity index (χ0v) is 10.00. The van der Waals surface area contributed by atoms with Crippen molar-refractivity contribution in [3.05, 3.63) is 18.1 Å². The highest BCUT2D eigenvalue weighted by Crippen LogP contribution is 2.11. The van der Waals surface area contributed by atoms with E-state index in [0.717, 1.165) is 25.3 Å². The van der Waals surface area contributed by atoms with E-state index in [-0.39, 0.29) is 4.99 Å². The number of aromatic nitrogens is 2. The fourth-order valence-corrected chi connectivity index (χ4v) is 1.90. The van der Waals surface area contributed by atoms with Crippen molar-refractivity contribution in [3.8, 4) is 0 Å². The molecule has 3 N–H and O–H groups in total. The Hall–Kier alpha value is -1.27. The van der Waals surface area contributed by atoms with Gasteiger partial charge in [-0.25, -0.2) is 9.97 Å². The van der Waals surface area contributed by atoms with Gasteiger partial charge in [-0.15, -0.1) is 0 Å². The SMILES string of the molecule is CN1CCC(Nc2cnc(C(N)=S)cn2)C1. The number of rotatable bonds is 3. The first kappa shape index (κ1) is 11.2. The van der Waals surface area contributed by atoms with Gasteiger partial charge in [-0.3, -0.25) is 0 Å². The van der Waals surface area contributed by atoms with Gasteiger partial charge in [0.25, 0.3) is 0 Å². The predicted octanol–water partition coefficient (Wildman–Crippen LogP) is 0.227. The van der Waals surface area contributed by atoms with E-state index >= 15 is 0 Å². The first-order valence-electron chi connectivity index (χ1n) is 5.22. The number of likely N-dealkylation sites (tertiary alicyclic amines) is 1. The van der Waals surface area contributed by atoms with Gasteiger partial charge < -0.3 is 16.0 Å². The highest BCUT2D eigenvalue weighted by Gasteiger charge is 2.19. The standard InChI is InChI=1S/C10H15N5S/c1-15-3-2-7(6-15)14-9-5-12-8(4-13-9)10(11)16/h4-5,7H,2-3,6H2,1H3,(H2,11,16)(H,13,14). The summed E-state index contributed by atoms with van der Waals surface area (Å²) in [7, 11) is 2.11. The molecule has 5 nitrogen and oxygen atoms in total. The molecule has 0 aliphatic carbocycles. The van der Waals surface area contributed by atoms with Gasteiger partial charge in [-0.05, 0) is 20.0 Å². The minimum atomic E-state index is 0.277. The van der Waals surface area contributed by atoms with Crippen LogP contribution >= 0.6 is 12.2 Å². The Bertz CT molecular complexity index is 377. The van der Waals surface area contributed by atoms with Crippen molar-refractivity contribution in [2.45, 2.75) is 12.5 Å². The summed E-state index contributed by atoms with van der Waals surface area (Å²) >= 11 is 4.81. The molecule has 1 fully saturated rings. The maximum absolute atomic E-state index is 5.45. The molecule has 86 valence electrons. The summed E-state index contributed by atoms with van der Waals surface area (Å²) in [6.45, 7) is 2.16. The average molecular weight is 237 g/mol. The highest BCUT2D eigenvalue weighted by atomic mass is 32.1. The zero-order valence-electron chi connectivity index (χ0n) is 9.18. The molecule has 1 atom stereocenters. The van der Waals surface area contributed by atoms with Crippen LogP contribution in [0.15, 0.2) is 12.4 Å². The number of nitrogens with two attached hydrogens (primary N) is 1. The molecule has 16 heavy (non-hydrogen) atoms. The molecule has 0 aromatic carbocycles. The summed E-state index contributed by atoms with van der Waals surface area (Å²) in [5.41, 5.74) is 6.01. The minimum Gasteiger partial charge on any atom is -0.388 e. The second-order valence-corrected chi connectivity index (χ2v) is 4.48. The van der Waals surface area contributed by atoms with Crippen LogP contribution in [-0.4, -0.2) is 46.0 Å². The number of hydrogen-bond donors (Lipinski definition) is 2. The summed E-state index contributed by atoms with van der Waals surface area (Å²) in [5.74, 6) is 0.778. The molecule has 1 aliphatic rings. The van der Waals surface area contributed by atoms with Gasteiger partial charge >= 0.3 is 0 Å². The molecular weight excluding hydrogens is 222 g/mol. The van der Waals surface area contributed by atoms with Crippen LogP contribution in [0.5, 0.6) is 0 Å². The van der Waals surface area contributed by atoms with Gasteiger partial charge in [0, 0.05) is 12.6 Å². The predicted molar refractivity (Wildman–Crippen MR) is 67.4 cm³/mol. The van der Waals surface area contributed by atoms with Crippen LogP contribution < -0.4 is 11.1 Å². The Morgan fingerprint density at radius 2 is 2.38 bits per heavy atom. The topological polar surface area (TPSA) is 67.1 Å². The van der Waals surface area contributed by atoms with Crippen LogP contribution in [0.2, 0.25) is 0 Å². The van der Waals surface area contributed by atoms with E-state index in [9.17, 15) is 0 Å². The van der Waals surface area contributed by atoms with Crippen molar-refractivity contribution in [3.63, 3.8) is 0 Å². The molecule has 0 radical (unpaired) electrons. The van der Waals surface area contributed by atoms with E-state index in [1.807, 2.05) is 0 Å². The molecule has 2 heterocycles. The fourth-order valence-electron chi connectivity index (χ4n) is 1.79. The number of nitrogens with zero attached hydrogens (tertiary/aromatic N) is 3. The first-order chi connectivity index (χ1) is 7.65. The Kier molecular flexibility index (Phi) is 3.31. The molecule has 1 aromatic heterocycles. The maximum Gasteiger partial charge on any atom is 0.144 e. The monoisotopic (exact) mass is 237 g/mol. The van der Waals surface area contributed by atoms with Gasteiger partial charge in [0.15, 0.2) is 0 Å². The summed E-state index contributed by atoms with van der Waals surface area (Å²) < 4.78 is 0. The lowest BCUT2D eigenvalue weighted by atomic mass is 10.2. The van der Waals surface area contributed by atoms with E-state index in [2.05, 4.69) is 27.2 Å². The lowest BCUT2D eigenvalue weighted by Gasteiger charge is -2.13. The Labute approximate surface area is 100 Å². The second-order valence-electron chi connectivity index (χ2n) is 4.04. The molecule has 2 rings (SSSR count). The third-order valence-corrected chi connectivity index (χ3v) is 2.86. The number of thiocarbonyl (C=S) groups is 1. The van der Waals surface area contributed by atoms with E-state index in [4.69, 9.17) is 18.0 Å². The lowest BCUT2D eigenvalue weighted by molar-refractivity contribution is 0.414. The van der Waals surface area contributed by atoms with Crippen molar-refractivity contribution in [1.82, 2.24) is 14.9 Å². The molecular formula is C10H15N5S. The van der Waals surface area contributed by atoms with Crippen molar-refractivity contribution in [1.29, 1.82) is 0 Å². The fraction of sp³-hybridized carbons (Fsp3) is 0.500. The van der Waals surface area contributed by atoms with Crippen LogP contribution in [0, 0.1) is 0 Å². The number of anilines is 1. The van der Waals surface area contributed by atoms with Crippen molar-refractivity contribution in [2.24, 2.45) is 5.73 Å². The van der Waals surface area contributed by atoms with Gasteiger partial charge in [0.05, 0.1) is 12.4 Å². The van der Waals surface area contributed by atoms with Crippen molar-refractivity contribution in [2.75, 3.05) is 25.5 Å². The molecule has 1 aliphatic heterocycles. The molecule has 0 saturated carbocycles. The van der Waals surface area contributed by atoms with Gasteiger partial charge in [-0.2, -0.15) is 0 Å². The van der Waals surface area contributed by atoms with E-state index in [1.54, 1.807) is 12.4 Å². The quantitative estimate of drug-likeness (QED) is 0.733. The largest absolute Gasteiger partial charge is 0.388 e. The molecule has 1 saturated heterocycles. The molecule has 1 aromatic rings. The van der Waals surface area contributed by atoms with Crippen LogP contribution in [-0.2, 0) is 0 Å². The van der Waals surface area contributed by atoms with Crippen molar-refractivity contribution >= 4 is 23.0 Å². The summed E-state index contributed by atoms with van der Waals surface area (Å²) in [6, 6.07) is 0.454. The van der Waals surface area contributed by atoms with Crippen LogP contribution in [0.4, 0.5) is 5.82 Å². The van der Waals surface area contributed by atoms with E-state index in [1.165, 1.54) is 0 Å². The smallest absolute Gasteiger partial charge is 0.144 e. The Morgan fingerprint density at radius 1 is 1.56 bits per heavy atom. The molecule has 0 spiro atoms. The third kappa shape index (κ3) is 2.65. The maximum atomic E-state index is 5.45. The zero-order chi connectivity index (χ0) is 11.5. The first-order valence-corrected chi connectivity index (χ1v) is 5.63. The molecule has 0 bridgehead atoms. The Balaban J connectivity index is 1.97. The van der Waals surface area contributed by atoms with Crippen LogP contribution in [0.3, 0.4) is 0 Å². The van der Waals surface area contributed by atoms with Crippen LogP contribution in [0.25, 0.3) is 0 Å². The average Bonchev–Trinajstić information content (AvgIpc) is 2.65. The minimum absolute atomic E-state index is 0.277. The molecule has 0 amide bonds. The van der Waals surface area contributed by atoms with Crippen molar-refractivity contribution < 1.29 is 0 Å². The molecule has 6 heteroatoms.